The number of carbonyl (C=O) groups excluding carboxylic acids is 2. The maximum atomic E-state index is 12.5. The minimum atomic E-state index is -0.210. The molecule has 98 valence electrons. The molecule has 0 saturated carbocycles. The van der Waals surface area contributed by atoms with Gasteiger partial charge in [0.1, 0.15) is 0 Å². The van der Waals surface area contributed by atoms with Crippen LogP contribution in [0, 0.1) is 0 Å². The van der Waals surface area contributed by atoms with E-state index in [4.69, 9.17) is 0 Å². The third kappa shape index (κ3) is 2.00. The lowest BCUT2D eigenvalue weighted by atomic mass is 9.94. The predicted molar refractivity (Wildman–Crippen MR) is 87.1 cm³/mol. The molecule has 0 fully saturated rings. The molecule has 0 atom stereocenters. The van der Waals surface area contributed by atoms with Gasteiger partial charge in [0.05, 0.1) is 9.81 Å². The van der Waals surface area contributed by atoms with Crippen molar-refractivity contribution in [2.45, 2.75) is 2.74 Å². The van der Waals surface area contributed by atoms with Crippen molar-refractivity contribution in [1.82, 2.24) is 0 Å². The summed E-state index contributed by atoms with van der Waals surface area (Å²) in [5, 5.41) is 0. The fraction of sp³-hybridized carbons (Fsp3) is 0.231. The molecule has 0 N–H and O–H groups in total. The predicted octanol–water partition coefficient (Wildman–Crippen LogP) is 4.09. The number of fused-ring (bicyclic) bond motifs is 1. The molecule has 6 heteroatoms. The van der Waals surface area contributed by atoms with Crippen LogP contribution in [-0.2, 0) is 0 Å². The standard InChI is InChI=1S/C13H10O2S4/c1-16-13(17-2)18-11-9(14)7-5-3-4-6-8(7)10(15)12(11)19-13/h3-6H,1-2H3. The monoisotopic (exact) mass is 326 g/mol. The highest BCUT2D eigenvalue weighted by Crippen LogP contribution is 2.66. The molecule has 2 aliphatic rings. The van der Waals surface area contributed by atoms with Gasteiger partial charge < -0.3 is 0 Å². The molecule has 1 aromatic rings. The van der Waals surface area contributed by atoms with Crippen LogP contribution in [0.2, 0.25) is 0 Å². The minimum Gasteiger partial charge on any atom is -0.288 e. The van der Waals surface area contributed by atoms with Gasteiger partial charge in [-0.2, -0.15) is 0 Å². The summed E-state index contributed by atoms with van der Waals surface area (Å²) < 4.78 is -0.210. The largest absolute Gasteiger partial charge is 0.288 e. The molecule has 0 bridgehead atoms. The molecule has 0 spiro atoms. The van der Waals surface area contributed by atoms with Crippen LogP contribution >= 0.6 is 47.0 Å². The molecule has 0 amide bonds. The number of rotatable bonds is 2. The van der Waals surface area contributed by atoms with E-state index >= 15 is 0 Å². The van der Waals surface area contributed by atoms with Gasteiger partial charge in [0.2, 0.25) is 11.6 Å². The van der Waals surface area contributed by atoms with Crippen LogP contribution in [0.1, 0.15) is 20.7 Å². The number of allylic oxidation sites excluding steroid dienone is 2. The molecule has 1 aromatic carbocycles. The topological polar surface area (TPSA) is 34.1 Å². The molecule has 1 aliphatic heterocycles. The Morgan fingerprint density at radius 1 is 0.895 bits per heavy atom. The zero-order valence-corrected chi connectivity index (χ0v) is 13.5. The van der Waals surface area contributed by atoms with Crippen molar-refractivity contribution < 1.29 is 9.59 Å². The van der Waals surface area contributed by atoms with Crippen molar-refractivity contribution in [2.24, 2.45) is 0 Å². The molecule has 1 heterocycles. The van der Waals surface area contributed by atoms with Crippen molar-refractivity contribution >= 4 is 58.6 Å². The summed E-state index contributed by atoms with van der Waals surface area (Å²) in [6.45, 7) is 0. The minimum absolute atomic E-state index is 0.00678. The van der Waals surface area contributed by atoms with Gasteiger partial charge in [0.25, 0.3) is 0 Å². The molecule has 0 aromatic heterocycles. The number of carbonyl (C=O) groups is 2. The van der Waals surface area contributed by atoms with Gasteiger partial charge in [-0.3, -0.25) is 9.59 Å². The summed E-state index contributed by atoms with van der Waals surface area (Å²) >= 11 is 6.37. The summed E-state index contributed by atoms with van der Waals surface area (Å²) in [6, 6.07) is 7.09. The fourth-order valence-corrected chi connectivity index (χ4v) is 7.23. The van der Waals surface area contributed by atoms with E-state index in [1.54, 1.807) is 47.8 Å². The van der Waals surface area contributed by atoms with Gasteiger partial charge in [-0.15, -0.1) is 23.5 Å². The van der Waals surface area contributed by atoms with Crippen molar-refractivity contribution in [3.63, 3.8) is 0 Å². The van der Waals surface area contributed by atoms with Gasteiger partial charge in [-0.25, -0.2) is 0 Å². The van der Waals surface area contributed by atoms with Gasteiger partial charge in [-0.1, -0.05) is 47.8 Å². The normalized spacial score (nSPS) is 20.5. The van der Waals surface area contributed by atoms with Crippen molar-refractivity contribution in [2.75, 3.05) is 12.5 Å². The smallest absolute Gasteiger partial charge is 0.201 e. The zero-order chi connectivity index (χ0) is 13.6. The highest BCUT2D eigenvalue weighted by molar-refractivity contribution is 8.50. The lowest BCUT2D eigenvalue weighted by Gasteiger charge is -2.22. The van der Waals surface area contributed by atoms with Crippen LogP contribution in [0.3, 0.4) is 0 Å². The summed E-state index contributed by atoms with van der Waals surface area (Å²) in [5.74, 6) is -0.0136. The van der Waals surface area contributed by atoms with Gasteiger partial charge in [0, 0.05) is 11.1 Å². The van der Waals surface area contributed by atoms with Crippen LogP contribution in [0.5, 0.6) is 0 Å². The summed E-state index contributed by atoms with van der Waals surface area (Å²) in [7, 11) is 0. The SMILES string of the molecule is CSC1(SC)SC2=C(S1)C(=O)c1ccccc1C2=O. The van der Waals surface area contributed by atoms with Crippen LogP contribution in [0.4, 0.5) is 0 Å². The lowest BCUT2D eigenvalue weighted by Crippen LogP contribution is -2.17. The molecule has 3 rings (SSSR count). The second-order valence-electron chi connectivity index (χ2n) is 3.97. The summed E-state index contributed by atoms with van der Waals surface area (Å²) in [5.41, 5.74) is 1.08. The summed E-state index contributed by atoms with van der Waals surface area (Å²) in [4.78, 5) is 26.2. The Labute approximate surface area is 128 Å². The first-order valence-electron chi connectivity index (χ1n) is 5.53. The number of benzene rings is 1. The highest BCUT2D eigenvalue weighted by Gasteiger charge is 2.47. The molecule has 0 saturated heterocycles. The Morgan fingerprint density at radius 2 is 1.32 bits per heavy atom. The molecule has 0 radical (unpaired) electrons. The number of thioether (sulfide) groups is 4. The average molecular weight is 326 g/mol. The number of ketones is 2. The van der Waals surface area contributed by atoms with Gasteiger partial charge >= 0.3 is 0 Å². The Bertz CT molecular complexity index is 568. The first-order chi connectivity index (χ1) is 9.12. The average Bonchev–Trinajstić information content (AvgIpc) is 2.86. The maximum absolute atomic E-state index is 12.5. The second-order valence-corrected chi connectivity index (χ2v) is 10.0. The highest BCUT2D eigenvalue weighted by atomic mass is 32.3. The van der Waals surface area contributed by atoms with Gasteiger partial charge in [-0.05, 0) is 12.5 Å². The van der Waals surface area contributed by atoms with E-state index in [0.29, 0.717) is 20.9 Å². The van der Waals surface area contributed by atoms with E-state index in [9.17, 15) is 9.59 Å². The molecule has 19 heavy (non-hydrogen) atoms. The fourth-order valence-electron chi connectivity index (χ4n) is 2.04. The second kappa shape index (κ2) is 4.91. The number of hydrogen-bond donors (Lipinski definition) is 0. The van der Waals surface area contributed by atoms with Crippen molar-refractivity contribution in [3.8, 4) is 0 Å². The third-order valence-corrected chi connectivity index (χ3v) is 10.3. The van der Waals surface area contributed by atoms with Crippen LogP contribution in [-0.4, -0.2) is 26.8 Å². The van der Waals surface area contributed by atoms with Crippen LogP contribution in [0.15, 0.2) is 34.1 Å². The van der Waals surface area contributed by atoms with E-state index in [2.05, 4.69) is 0 Å². The summed E-state index contributed by atoms with van der Waals surface area (Å²) in [6.07, 6.45) is 4.02. The first kappa shape index (κ1) is 13.7. The molecule has 1 aliphatic carbocycles. The Morgan fingerprint density at radius 3 is 1.68 bits per heavy atom. The Kier molecular flexibility index (Phi) is 3.53. The zero-order valence-electron chi connectivity index (χ0n) is 10.3. The number of Topliss-reactive ketones (excluding diaryl/α,β-unsaturated/α-hetero) is 2. The van der Waals surface area contributed by atoms with E-state index < -0.39 is 0 Å². The maximum Gasteiger partial charge on any atom is 0.201 e. The van der Waals surface area contributed by atoms with Crippen LogP contribution < -0.4 is 0 Å². The van der Waals surface area contributed by atoms with Crippen molar-refractivity contribution in [3.05, 3.63) is 45.2 Å². The molecule has 2 nitrogen and oxygen atoms in total. The first-order valence-corrected chi connectivity index (χ1v) is 9.61. The van der Waals surface area contributed by atoms with Crippen molar-refractivity contribution in [1.29, 1.82) is 0 Å². The number of hydrogen-bond acceptors (Lipinski definition) is 6. The lowest BCUT2D eigenvalue weighted by molar-refractivity contribution is 0.0988. The van der Waals surface area contributed by atoms with E-state index in [0.717, 1.165) is 0 Å². The molecular weight excluding hydrogens is 316 g/mol. The van der Waals surface area contributed by atoms with Crippen LogP contribution in [0.25, 0.3) is 0 Å². The third-order valence-electron chi connectivity index (χ3n) is 2.99. The van der Waals surface area contributed by atoms with E-state index in [1.807, 2.05) is 12.5 Å². The van der Waals surface area contributed by atoms with E-state index in [-0.39, 0.29) is 14.3 Å². The Balaban J connectivity index is 2.09. The van der Waals surface area contributed by atoms with E-state index in [1.165, 1.54) is 23.5 Å². The quantitative estimate of drug-likeness (QED) is 0.761. The Hall–Kier alpha value is -0.300. The molecule has 0 unspecified atom stereocenters. The van der Waals surface area contributed by atoms with Gasteiger partial charge in [0.15, 0.2) is 2.74 Å². The molecular formula is C13H10O2S4.